The third-order valence-electron chi connectivity index (χ3n) is 3.38. The van der Waals surface area contributed by atoms with Crippen molar-refractivity contribution in [1.82, 2.24) is 9.97 Å². The van der Waals surface area contributed by atoms with Crippen LogP contribution in [0.15, 0.2) is 54.9 Å². The lowest BCUT2D eigenvalue weighted by molar-refractivity contribution is 0.0970. The molecule has 100 valence electrons. The van der Waals surface area contributed by atoms with E-state index in [1.54, 1.807) is 13.1 Å². The van der Waals surface area contributed by atoms with Gasteiger partial charge in [-0.05, 0) is 31.2 Å². The Balaban J connectivity index is 2.10. The standard InChI is InChI=1S/C16H13FN2O/c1-16(20,15-7-6-13(17)10-19-15)12-8-11-4-2-3-5-14(11)18-9-12/h2-10,20H,1H3. The number of rotatable bonds is 2. The fourth-order valence-electron chi connectivity index (χ4n) is 2.15. The van der Waals surface area contributed by atoms with E-state index in [9.17, 15) is 9.50 Å². The Hall–Kier alpha value is -2.33. The minimum absolute atomic E-state index is 0.385. The first-order valence-electron chi connectivity index (χ1n) is 6.27. The van der Waals surface area contributed by atoms with Crippen molar-refractivity contribution in [3.05, 3.63) is 71.9 Å². The molecule has 0 spiro atoms. The van der Waals surface area contributed by atoms with E-state index in [1.807, 2.05) is 30.3 Å². The van der Waals surface area contributed by atoms with Crippen LogP contribution < -0.4 is 0 Å². The molecule has 0 aliphatic carbocycles. The molecule has 3 nitrogen and oxygen atoms in total. The van der Waals surface area contributed by atoms with Gasteiger partial charge in [0.2, 0.25) is 0 Å². The number of halogens is 1. The van der Waals surface area contributed by atoms with E-state index in [-0.39, 0.29) is 0 Å². The molecule has 0 saturated heterocycles. The molecule has 2 aromatic heterocycles. The van der Waals surface area contributed by atoms with Crippen molar-refractivity contribution in [1.29, 1.82) is 0 Å². The van der Waals surface area contributed by atoms with Gasteiger partial charge in [0.15, 0.2) is 0 Å². The van der Waals surface area contributed by atoms with Gasteiger partial charge in [-0.2, -0.15) is 0 Å². The molecule has 1 unspecified atom stereocenters. The molecule has 0 amide bonds. The zero-order chi connectivity index (χ0) is 14.2. The van der Waals surface area contributed by atoms with Crippen LogP contribution in [0.1, 0.15) is 18.2 Å². The van der Waals surface area contributed by atoms with E-state index in [1.165, 1.54) is 12.1 Å². The molecule has 1 aromatic carbocycles. The highest BCUT2D eigenvalue weighted by Crippen LogP contribution is 2.28. The van der Waals surface area contributed by atoms with Gasteiger partial charge >= 0.3 is 0 Å². The summed E-state index contributed by atoms with van der Waals surface area (Å²) in [6, 6.07) is 12.3. The summed E-state index contributed by atoms with van der Waals surface area (Å²) in [6.45, 7) is 1.62. The van der Waals surface area contributed by atoms with Crippen molar-refractivity contribution in [3.8, 4) is 0 Å². The van der Waals surface area contributed by atoms with Gasteiger partial charge in [-0.25, -0.2) is 4.39 Å². The van der Waals surface area contributed by atoms with Crippen LogP contribution in [-0.2, 0) is 5.60 Å². The smallest absolute Gasteiger partial charge is 0.141 e. The van der Waals surface area contributed by atoms with Crippen LogP contribution >= 0.6 is 0 Å². The van der Waals surface area contributed by atoms with E-state index in [0.29, 0.717) is 11.3 Å². The summed E-state index contributed by atoms with van der Waals surface area (Å²) in [6.07, 6.45) is 2.71. The van der Waals surface area contributed by atoms with Gasteiger partial charge in [0, 0.05) is 17.1 Å². The number of benzene rings is 1. The van der Waals surface area contributed by atoms with E-state index in [4.69, 9.17) is 0 Å². The Kier molecular flexibility index (Phi) is 2.95. The number of pyridine rings is 2. The molecule has 3 rings (SSSR count). The van der Waals surface area contributed by atoms with Gasteiger partial charge in [0.25, 0.3) is 0 Å². The van der Waals surface area contributed by atoms with Crippen molar-refractivity contribution in [3.63, 3.8) is 0 Å². The summed E-state index contributed by atoms with van der Waals surface area (Å²) in [5.41, 5.74) is 0.551. The number of para-hydroxylation sites is 1. The number of hydrogen-bond donors (Lipinski definition) is 1. The topological polar surface area (TPSA) is 46.0 Å². The molecule has 1 N–H and O–H groups in total. The molecular formula is C16H13FN2O. The number of fused-ring (bicyclic) bond motifs is 1. The second-order valence-electron chi connectivity index (χ2n) is 4.85. The molecule has 0 fully saturated rings. The summed E-state index contributed by atoms with van der Waals surface area (Å²) in [4.78, 5) is 8.28. The SMILES string of the molecule is CC(O)(c1cnc2ccccc2c1)c1ccc(F)cn1. The van der Waals surface area contributed by atoms with Crippen LogP contribution in [0.3, 0.4) is 0 Å². The second kappa shape index (κ2) is 4.65. The van der Waals surface area contributed by atoms with Gasteiger partial charge in [0.1, 0.15) is 11.4 Å². The van der Waals surface area contributed by atoms with Gasteiger partial charge in [-0.3, -0.25) is 9.97 Å². The highest BCUT2D eigenvalue weighted by molar-refractivity contribution is 5.79. The van der Waals surface area contributed by atoms with Crippen molar-refractivity contribution in [2.45, 2.75) is 12.5 Å². The first-order valence-corrected chi connectivity index (χ1v) is 6.27. The van der Waals surface area contributed by atoms with Gasteiger partial charge in [-0.1, -0.05) is 18.2 Å². The average molecular weight is 268 g/mol. The predicted octanol–water partition coefficient (Wildman–Crippen LogP) is 3.02. The minimum Gasteiger partial charge on any atom is -0.379 e. The Morgan fingerprint density at radius 2 is 1.85 bits per heavy atom. The van der Waals surface area contributed by atoms with Gasteiger partial charge < -0.3 is 5.11 Å². The minimum atomic E-state index is -1.31. The average Bonchev–Trinajstić information content (AvgIpc) is 2.47. The normalized spacial score (nSPS) is 14.2. The van der Waals surface area contributed by atoms with Crippen LogP contribution in [0.25, 0.3) is 10.9 Å². The predicted molar refractivity (Wildman–Crippen MR) is 74.6 cm³/mol. The van der Waals surface area contributed by atoms with E-state index in [2.05, 4.69) is 9.97 Å². The number of hydrogen-bond acceptors (Lipinski definition) is 3. The monoisotopic (exact) mass is 268 g/mol. The van der Waals surface area contributed by atoms with E-state index >= 15 is 0 Å². The molecular weight excluding hydrogens is 255 g/mol. The van der Waals surface area contributed by atoms with Crippen molar-refractivity contribution < 1.29 is 9.50 Å². The zero-order valence-corrected chi connectivity index (χ0v) is 10.9. The van der Waals surface area contributed by atoms with Crippen molar-refractivity contribution >= 4 is 10.9 Å². The third kappa shape index (κ3) is 2.14. The Morgan fingerprint density at radius 1 is 1.05 bits per heavy atom. The third-order valence-corrected chi connectivity index (χ3v) is 3.38. The van der Waals surface area contributed by atoms with Crippen LogP contribution in [0.2, 0.25) is 0 Å². The van der Waals surface area contributed by atoms with Crippen LogP contribution in [0.4, 0.5) is 4.39 Å². The largest absolute Gasteiger partial charge is 0.379 e. The molecule has 0 aliphatic heterocycles. The lowest BCUT2D eigenvalue weighted by atomic mass is 9.92. The van der Waals surface area contributed by atoms with Gasteiger partial charge in [-0.15, -0.1) is 0 Å². The number of aromatic nitrogens is 2. The maximum absolute atomic E-state index is 12.9. The lowest BCUT2D eigenvalue weighted by Gasteiger charge is -2.23. The summed E-state index contributed by atoms with van der Waals surface area (Å²) < 4.78 is 12.9. The van der Waals surface area contributed by atoms with E-state index in [0.717, 1.165) is 17.1 Å². The molecule has 1 atom stereocenters. The first-order chi connectivity index (χ1) is 9.57. The van der Waals surface area contributed by atoms with Crippen LogP contribution in [0, 0.1) is 5.82 Å². The highest BCUT2D eigenvalue weighted by atomic mass is 19.1. The maximum Gasteiger partial charge on any atom is 0.141 e. The zero-order valence-electron chi connectivity index (χ0n) is 10.9. The van der Waals surface area contributed by atoms with Crippen LogP contribution in [-0.4, -0.2) is 15.1 Å². The lowest BCUT2D eigenvalue weighted by Crippen LogP contribution is -2.24. The molecule has 0 saturated carbocycles. The molecule has 0 aliphatic rings. The Bertz CT molecular complexity index is 754. The second-order valence-corrected chi connectivity index (χ2v) is 4.85. The summed E-state index contributed by atoms with van der Waals surface area (Å²) in [5, 5.41) is 11.6. The van der Waals surface area contributed by atoms with Crippen molar-refractivity contribution in [2.24, 2.45) is 0 Å². The molecule has 4 heteroatoms. The molecule has 2 heterocycles. The number of nitrogens with zero attached hydrogens (tertiary/aromatic N) is 2. The fraction of sp³-hybridized carbons (Fsp3) is 0.125. The molecule has 3 aromatic rings. The Labute approximate surface area is 115 Å². The van der Waals surface area contributed by atoms with Gasteiger partial charge in [0.05, 0.1) is 17.4 Å². The molecule has 0 bridgehead atoms. The highest BCUT2D eigenvalue weighted by Gasteiger charge is 2.27. The Morgan fingerprint density at radius 3 is 2.60 bits per heavy atom. The summed E-state index contributed by atoms with van der Waals surface area (Å²) in [5.74, 6) is -0.429. The fourth-order valence-corrected chi connectivity index (χ4v) is 2.15. The van der Waals surface area contributed by atoms with Crippen molar-refractivity contribution in [2.75, 3.05) is 0 Å². The van der Waals surface area contributed by atoms with E-state index < -0.39 is 11.4 Å². The summed E-state index contributed by atoms with van der Waals surface area (Å²) in [7, 11) is 0. The quantitative estimate of drug-likeness (QED) is 0.777. The maximum atomic E-state index is 12.9. The first kappa shape index (κ1) is 12.7. The molecule has 20 heavy (non-hydrogen) atoms. The summed E-state index contributed by atoms with van der Waals surface area (Å²) >= 11 is 0. The number of aliphatic hydroxyl groups is 1. The molecule has 0 radical (unpaired) electrons. The van der Waals surface area contributed by atoms with Crippen LogP contribution in [0.5, 0.6) is 0 Å².